The fraction of sp³-hybridized carbons (Fsp3) is 1.00. The summed E-state index contributed by atoms with van der Waals surface area (Å²) in [5.41, 5.74) is 5.82. The van der Waals surface area contributed by atoms with Crippen molar-refractivity contribution in [3.8, 4) is 0 Å². The molecule has 0 heterocycles. The molecule has 2 fully saturated rings. The Kier molecular flexibility index (Phi) is 6.38. The van der Waals surface area contributed by atoms with Crippen molar-refractivity contribution >= 4 is 22.4 Å². The van der Waals surface area contributed by atoms with Gasteiger partial charge < -0.3 is 5.73 Å². The molecule has 18 heavy (non-hydrogen) atoms. The zero-order valence-electron chi connectivity index (χ0n) is 10.8. The highest BCUT2D eigenvalue weighted by Crippen LogP contribution is 2.26. The fourth-order valence-electron chi connectivity index (χ4n) is 3.03. The van der Waals surface area contributed by atoms with Crippen LogP contribution in [0, 0.1) is 5.92 Å². The molecular formula is C12H25ClN2O2S. The third kappa shape index (κ3) is 5.03. The SMILES string of the molecule is Cl.NC1CCC(NS(=O)(=O)CC2CCCC2)CC1. The van der Waals surface area contributed by atoms with Gasteiger partial charge in [-0.3, -0.25) is 0 Å². The molecule has 2 aliphatic rings. The molecule has 0 radical (unpaired) electrons. The molecule has 0 aromatic heterocycles. The number of sulfonamides is 1. The second kappa shape index (κ2) is 7.08. The van der Waals surface area contributed by atoms with E-state index < -0.39 is 10.0 Å². The van der Waals surface area contributed by atoms with Gasteiger partial charge in [0.05, 0.1) is 5.75 Å². The highest BCUT2D eigenvalue weighted by molar-refractivity contribution is 7.89. The van der Waals surface area contributed by atoms with Gasteiger partial charge in [0.1, 0.15) is 0 Å². The Labute approximate surface area is 117 Å². The Bertz CT molecular complexity index is 334. The molecule has 2 aliphatic carbocycles. The van der Waals surface area contributed by atoms with Gasteiger partial charge in [-0.05, 0) is 44.4 Å². The van der Waals surface area contributed by atoms with E-state index in [0.717, 1.165) is 38.5 Å². The Hall–Kier alpha value is 0.160. The van der Waals surface area contributed by atoms with E-state index in [2.05, 4.69) is 4.72 Å². The lowest BCUT2D eigenvalue weighted by Gasteiger charge is -2.27. The average Bonchev–Trinajstić information content (AvgIpc) is 2.73. The summed E-state index contributed by atoms with van der Waals surface area (Å²) in [6, 6.07) is 0.395. The van der Waals surface area contributed by atoms with Crippen LogP contribution in [0.25, 0.3) is 0 Å². The number of nitrogens with two attached hydrogens (primary N) is 1. The molecule has 0 aromatic carbocycles. The third-order valence-electron chi connectivity index (χ3n) is 4.05. The van der Waals surface area contributed by atoms with E-state index in [1.54, 1.807) is 0 Å². The van der Waals surface area contributed by atoms with E-state index in [1.165, 1.54) is 12.8 Å². The molecule has 3 N–H and O–H groups in total. The van der Waals surface area contributed by atoms with Crippen molar-refractivity contribution in [3.05, 3.63) is 0 Å². The minimum atomic E-state index is -3.07. The molecule has 108 valence electrons. The molecule has 0 amide bonds. The van der Waals surface area contributed by atoms with Crippen LogP contribution in [0.3, 0.4) is 0 Å². The minimum absolute atomic E-state index is 0. The summed E-state index contributed by atoms with van der Waals surface area (Å²) in [6.45, 7) is 0. The summed E-state index contributed by atoms with van der Waals surface area (Å²) in [4.78, 5) is 0. The fourth-order valence-corrected chi connectivity index (χ4v) is 4.82. The monoisotopic (exact) mass is 296 g/mol. The van der Waals surface area contributed by atoms with Gasteiger partial charge in [-0.15, -0.1) is 12.4 Å². The molecule has 0 unspecified atom stereocenters. The van der Waals surface area contributed by atoms with Gasteiger partial charge in [0.15, 0.2) is 0 Å². The summed E-state index contributed by atoms with van der Waals surface area (Å²) >= 11 is 0. The van der Waals surface area contributed by atoms with Crippen molar-refractivity contribution in [2.45, 2.75) is 63.5 Å². The standard InChI is InChI=1S/C12H24N2O2S.ClH/c13-11-5-7-12(8-6-11)14-17(15,16)9-10-3-1-2-4-10;/h10-12,14H,1-9,13H2;1H. The third-order valence-corrected chi connectivity index (χ3v) is 5.65. The maximum Gasteiger partial charge on any atom is 0.212 e. The predicted octanol–water partition coefficient (Wildman–Crippen LogP) is 1.79. The zero-order valence-corrected chi connectivity index (χ0v) is 12.4. The van der Waals surface area contributed by atoms with Gasteiger partial charge in [0, 0.05) is 12.1 Å². The lowest BCUT2D eigenvalue weighted by molar-refractivity contribution is 0.372. The lowest BCUT2D eigenvalue weighted by Crippen LogP contribution is -2.42. The highest BCUT2D eigenvalue weighted by atomic mass is 35.5. The second-order valence-electron chi connectivity index (χ2n) is 5.66. The summed E-state index contributed by atoms with van der Waals surface area (Å²) in [6.07, 6.45) is 8.22. The number of halogens is 1. The second-order valence-corrected chi connectivity index (χ2v) is 7.46. The van der Waals surface area contributed by atoms with Crippen molar-refractivity contribution in [1.82, 2.24) is 4.72 Å². The first-order valence-corrected chi connectivity index (χ1v) is 8.46. The zero-order chi connectivity index (χ0) is 12.3. The van der Waals surface area contributed by atoms with Gasteiger partial charge in [0.2, 0.25) is 10.0 Å². The summed E-state index contributed by atoms with van der Waals surface area (Å²) in [5, 5.41) is 0. The van der Waals surface area contributed by atoms with Gasteiger partial charge in [-0.25, -0.2) is 13.1 Å². The van der Waals surface area contributed by atoms with Gasteiger partial charge in [0.25, 0.3) is 0 Å². The first kappa shape index (κ1) is 16.2. The summed E-state index contributed by atoms with van der Waals surface area (Å²) in [5.74, 6) is 0.716. The van der Waals surface area contributed by atoms with Crippen molar-refractivity contribution in [3.63, 3.8) is 0 Å². The molecule has 0 saturated heterocycles. The van der Waals surface area contributed by atoms with Crippen LogP contribution < -0.4 is 10.5 Å². The molecule has 4 nitrogen and oxygen atoms in total. The molecule has 0 aromatic rings. The van der Waals surface area contributed by atoms with E-state index in [4.69, 9.17) is 5.73 Å². The highest BCUT2D eigenvalue weighted by Gasteiger charge is 2.26. The van der Waals surface area contributed by atoms with Crippen molar-refractivity contribution in [2.24, 2.45) is 11.7 Å². The van der Waals surface area contributed by atoms with E-state index in [-0.39, 0.29) is 24.5 Å². The Morgan fingerprint density at radius 1 is 1.00 bits per heavy atom. The van der Waals surface area contributed by atoms with Crippen LogP contribution >= 0.6 is 12.4 Å². The molecular weight excluding hydrogens is 272 g/mol. The molecule has 0 spiro atoms. The van der Waals surface area contributed by atoms with Gasteiger partial charge in [-0.1, -0.05) is 12.8 Å². The van der Waals surface area contributed by atoms with Crippen LogP contribution in [0.4, 0.5) is 0 Å². The normalized spacial score (nSPS) is 30.1. The van der Waals surface area contributed by atoms with Crippen molar-refractivity contribution < 1.29 is 8.42 Å². The molecule has 2 saturated carbocycles. The van der Waals surface area contributed by atoms with E-state index in [9.17, 15) is 8.42 Å². The lowest BCUT2D eigenvalue weighted by atomic mass is 9.93. The van der Waals surface area contributed by atoms with Crippen LogP contribution in [0.1, 0.15) is 51.4 Å². The quantitative estimate of drug-likeness (QED) is 0.831. The largest absolute Gasteiger partial charge is 0.328 e. The van der Waals surface area contributed by atoms with E-state index in [0.29, 0.717) is 11.7 Å². The van der Waals surface area contributed by atoms with Gasteiger partial charge in [-0.2, -0.15) is 0 Å². The molecule has 0 atom stereocenters. The summed E-state index contributed by atoms with van der Waals surface area (Å²) < 4.78 is 26.8. The Balaban J connectivity index is 0.00000162. The number of hydrogen-bond acceptors (Lipinski definition) is 3. The minimum Gasteiger partial charge on any atom is -0.328 e. The van der Waals surface area contributed by atoms with Crippen LogP contribution in [-0.2, 0) is 10.0 Å². The van der Waals surface area contributed by atoms with Gasteiger partial charge >= 0.3 is 0 Å². The molecule has 0 bridgehead atoms. The smallest absolute Gasteiger partial charge is 0.212 e. The van der Waals surface area contributed by atoms with E-state index in [1.807, 2.05) is 0 Å². The Morgan fingerprint density at radius 3 is 2.11 bits per heavy atom. The van der Waals surface area contributed by atoms with Crippen LogP contribution in [0.2, 0.25) is 0 Å². The molecule has 6 heteroatoms. The van der Waals surface area contributed by atoms with Crippen LogP contribution in [-0.4, -0.2) is 26.3 Å². The predicted molar refractivity (Wildman–Crippen MR) is 76.4 cm³/mol. The van der Waals surface area contributed by atoms with Crippen molar-refractivity contribution in [1.29, 1.82) is 0 Å². The first-order chi connectivity index (χ1) is 8.05. The van der Waals surface area contributed by atoms with Crippen molar-refractivity contribution in [2.75, 3.05) is 5.75 Å². The maximum atomic E-state index is 12.0. The van der Waals surface area contributed by atoms with Crippen LogP contribution in [0.15, 0.2) is 0 Å². The average molecular weight is 297 g/mol. The maximum absolute atomic E-state index is 12.0. The number of rotatable bonds is 4. The van der Waals surface area contributed by atoms with Crippen LogP contribution in [0.5, 0.6) is 0 Å². The molecule has 0 aliphatic heterocycles. The Morgan fingerprint density at radius 2 is 1.56 bits per heavy atom. The number of hydrogen-bond donors (Lipinski definition) is 2. The van der Waals surface area contributed by atoms with E-state index >= 15 is 0 Å². The number of nitrogens with one attached hydrogen (secondary N) is 1. The summed E-state index contributed by atoms with van der Waals surface area (Å²) in [7, 11) is -3.07. The molecule has 2 rings (SSSR count). The first-order valence-electron chi connectivity index (χ1n) is 6.81. The topological polar surface area (TPSA) is 72.2 Å².